The number of hydrogen-bond donors (Lipinski definition) is 1. The molecule has 0 atom stereocenters. The SMILES string of the molecule is O=C(O)c1c(I)cc(I)c(I)c1I. The van der Waals surface area contributed by atoms with Crippen molar-refractivity contribution in [3.8, 4) is 0 Å². The molecule has 70 valence electrons. The third kappa shape index (κ3) is 2.80. The first-order chi connectivity index (χ1) is 5.95. The van der Waals surface area contributed by atoms with Crippen LogP contribution in [0.2, 0.25) is 0 Å². The van der Waals surface area contributed by atoms with Gasteiger partial charge >= 0.3 is 5.97 Å². The molecular weight excluding hydrogens is 624 g/mol. The van der Waals surface area contributed by atoms with E-state index in [-0.39, 0.29) is 0 Å². The lowest BCUT2D eigenvalue weighted by molar-refractivity contribution is 0.0694. The topological polar surface area (TPSA) is 37.3 Å². The van der Waals surface area contributed by atoms with Gasteiger partial charge in [-0.2, -0.15) is 0 Å². The Hall–Kier alpha value is 1.61. The zero-order valence-electron chi connectivity index (χ0n) is 5.94. The largest absolute Gasteiger partial charge is 0.478 e. The summed E-state index contributed by atoms with van der Waals surface area (Å²) in [6.07, 6.45) is 0. The van der Waals surface area contributed by atoms with Crippen LogP contribution in [0.5, 0.6) is 0 Å². The van der Waals surface area contributed by atoms with Crippen LogP contribution in [-0.4, -0.2) is 11.1 Å². The van der Waals surface area contributed by atoms with E-state index in [1.807, 2.05) is 28.7 Å². The van der Waals surface area contributed by atoms with Crippen LogP contribution in [0.15, 0.2) is 6.07 Å². The molecule has 0 bridgehead atoms. The summed E-state index contributed by atoms with van der Waals surface area (Å²) >= 11 is 8.49. The lowest BCUT2D eigenvalue weighted by Crippen LogP contribution is -2.05. The van der Waals surface area contributed by atoms with E-state index in [1.54, 1.807) is 0 Å². The molecule has 13 heavy (non-hydrogen) atoms. The van der Waals surface area contributed by atoms with Crippen LogP contribution in [0, 0.1) is 14.3 Å². The number of carboxylic acid groups (broad SMARTS) is 1. The molecule has 1 rings (SSSR count). The van der Waals surface area contributed by atoms with Gasteiger partial charge in [-0.1, -0.05) is 0 Å². The Morgan fingerprint density at radius 2 is 1.62 bits per heavy atom. The minimum Gasteiger partial charge on any atom is -0.478 e. The monoisotopic (exact) mass is 626 g/mol. The van der Waals surface area contributed by atoms with Crippen LogP contribution in [0.4, 0.5) is 0 Å². The predicted octanol–water partition coefficient (Wildman–Crippen LogP) is 3.80. The van der Waals surface area contributed by atoms with Crippen molar-refractivity contribution in [3.05, 3.63) is 25.9 Å². The van der Waals surface area contributed by atoms with Gasteiger partial charge in [0.1, 0.15) is 0 Å². The molecular formula is C7H2I4O2. The maximum absolute atomic E-state index is 10.9. The van der Waals surface area contributed by atoms with E-state index in [0.717, 1.165) is 14.3 Å². The molecule has 0 amide bonds. The molecule has 0 heterocycles. The first-order valence-electron chi connectivity index (χ1n) is 3.01. The number of rotatable bonds is 1. The Bertz CT molecular complexity index is 375. The number of halogens is 4. The number of benzene rings is 1. The van der Waals surface area contributed by atoms with Crippen LogP contribution < -0.4 is 0 Å². The minimum absolute atomic E-state index is 0.408. The van der Waals surface area contributed by atoms with Gasteiger partial charge in [-0.25, -0.2) is 4.79 Å². The molecule has 2 nitrogen and oxygen atoms in total. The van der Waals surface area contributed by atoms with Crippen molar-refractivity contribution in [1.29, 1.82) is 0 Å². The summed E-state index contributed by atoms with van der Waals surface area (Å²) in [5, 5.41) is 8.95. The van der Waals surface area contributed by atoms with Crippen molar-refractivity contribution < 1.29 is 9.90 Å². The summed E-state index contributed by atoms with van der Waals surface area (Å²) in [7, 11) is 0. The second-order valence-corrected chi connectivity index (χ2v) is 6.63. The zero-order valence-corrected chi connectivity index (χ0v) is 14.6. The fourth-order valence-electron chi connectivity index (χ4n) is 0.762. The second-order valence-electron chi connectivity index (χ2n) is 2.15. The van der Waals surface area contributed by atoms with E-state index < -0.39 is 5.97 Å². The van der Waals surface area contributed by atoms with Crippen molar-refractivity contribution in [2.24, 2.45) is 0 Å². The van der Waals surface area contributed by atoms with E-state index >= 15 is 0 Å². The van der Waals surface area contributed by atoms with Gasteiger partial charge in [0.15, 0.2) is 0 Å². The molecule has 0 fully saturated rings. The van der Waals surface area contributed by atoms with Crippen LogP contribution in [0.25, 0.3) is 0 Å². The molecule has 1 aromatic rings. The standard InChI is InChI=1S/C7H2I4O2/c8-2-1-3(9)5(10)6(11)4(2)7(12)13/h1H,(H,12,13). The third-order valence-corrected chi connectivity index (χ3v) is 7.29. The fourth-order valence-corrected chi connectivity index (χ4v) is 5.02. The maximum Gasteiger partial charge on any atom is 0.337 e. The van der Waals surface area contributed by atoms with Gasteiger partial charge < -0.3 is 5.11 Å². The van der Waals surface area contributed by atoms with Crippen LogP contribution >= 0.6 is 90.4 Å². The normalized spacial score (nSPS) is 10.2. The van der Waals surface area contributed by atoms with Crippen molar-refractivity contribution in [2.75, 3.05) is 0 Å². The molecule has 1 aromatic carbocycles. The second kappa shape index (κ2) is 5.09. The highest BCUT2D eigenvalue weighted by molar-refractivity contribution is 14.1. The predicted molar refractivity (Wildman–Crippen MR) is 84.3 cm³/mol. The van der Waals surface area contributed by atoms with Crippen LogP contribution in [0.3, 0.4) is 0 Å². The summed E-state index contributed by atoms with van der Waals surface area (Å²) in [6.45, 7) is 0. The van der Waals surface area contributed by atoms with Gasteiger partial charge in [-0.05, 0) is 96.4 Å². The molecule has 0 radical (unpaired) electrons. The molecule has 0 spiro atoms. The molecule has 6 heteroatoms. The van der Waals surface area contributed by atoms with Crippen LogP contribution in [-0.2, 0) is 0 Å². The highest BCUT2D eigenvalue weighted by Crippen LogP contribution is 2.28. The number of carbonyl (C=O) groups is 1. The van der Waals surface area contributed by atoms with Gasteiger partial charge in [0.25, 0.3) is 0 Å². The molecule has 0 unspecified atom stereocenters. The average molecular weight is 626 g/mol. The van der Waals surface area contributed by atoms with E-state index in [0.29, 0.717) is 5.56 Å². The first-order valence-corrected chi connectivity index (χ1v) is 7.33. The smallest absolute Gasteiger partial charge is 0.337 e. The third-order valence-electron chi connectivity index (χ3n) is 1.33. The summed E-state index contributed by atoms with van der Waals surface area (Å²) in [6, 6.07) is 1.88. The number of aromatic carboxylic acids is 1. The summed E-state index contributed by atoms with van der Waals surface area (Å²) in [4.78, 5) is 10.9. The molecule has 0 aliphatic rings. The molecule has 0 aliphatic heterocycles. The maximum atomic E-state index is 10.9. The van der Waals surface area contributed by atoms with E-state index in [4.69, 9.17) is 5.11 Å². The molecule has 0 aromatic heterocycles. The van der Waals surface area contributed by atoms with Crippen molar-refractivity contribution >= 4 is 96.3 Å². The Labute approximate surface area is 130 Å². The highest BCUT2D eigenvalue weighted by atomic mass is 127. The van der Waals surface area contributed by atoms with Gasteiger partial charge in [-0.3, -0.25) is 0 Å². The number of hydrogen-bond acceptors (Lipinski definition) is 1. The Balaban J connectivity index is 3.53. The van der Waals surface area contributed by atoms with Gasteiger partial charge in [-0.15, -0.1) is 0 Å². The van der Waals surface area contributed by atoms with Gasteiger partial charge in [0.05, 0.1) is 5.56 Å². The Morgan fingerprint density at radius 3 is 2.08 bits per heavy atom. The van der Waals surface area contributed by atoms with E-state index in [1.165, 1.54) is 0 Å². The molecule has 1 N–H and O–H groups in total. The van der Waals surface area contributed by atoms with Crippen LogP contribution in [0.1, 0.15) is 10.4 Å². The quantitative estimate of drug-likeness (QED) is 0.293. The lowest BCUT2D eigenvalue weighted by atomic mass is 10.2. The Kier molecular flexibility index (Phi) is 4.97. The minimum atomic E-state index is -0.858. The zero-order chi connectivity index (χ0) is 10.2. The summed E-state index contributed by atoms with van der Waals surface area (Å²) < 4.78 is 3.72. The van der Waals surface area contributed by atoms with Gasteiger partial charge in [0.2, 0.25) is 0 Å². The highest BCUT2D eigenvalue weighted by Gasteiger charge is 2.17. The van der Waals surface area contributed by atoms with Gasteiger partial charge in [0, 0.05) is 14.3 Å². The molecule has 0 saturated heterocycles. The summed E-state index contributed by atoms with van der Waals surface area (Å²) in [5.41, 5.74) is 0.408. The van der Waals surface area contributed by atoms with Crippen molar-refractivity contribution in [3.63, 3.8) is 0 Å². The van der Waals surface area contributed by atoms with Crippen molar-refractivity contribution in [1.82, 2.24) is 0 Å². The van der Waals surface area contributed by atoms with E-state index in [9.17, 15) is 4.79 Å². The fraction of sp³-hybridized carbons (Fsp3) is 0. The number of carboxylic acids is 1. The summed E-state index contributed by atoms with van der Waals surface area (Å²) in [5.74, 6) is -0.858. The average Bonchev–Trinajstić information content (AvgIpc) is 1.99. The first kappa shape index (κ1) is 12.7. The van der Waals surface area contributed by atoms with Crippen molar-refractivity contribution in [2.45, 2.75) is 0 Å². The lowest BCUT2D eigenvalue weighted by Gasteiger charge is -2.06. The molecule has 0 aliphatic carbocycles. The Morgan fingerprint density at radius 1 is 1.08 bits per heavy atom. The molecule has 0 saturated carbocycles. The van der Waals surface area contributed by atoms with E-state index in [2.05, 4.69) is 67.8 Å².